The summed E-state index contributed by atoms with van der Waals surface area (Å²) in [5.41, 5.74) is 4.21. The van der Waals surface area contributed by atoms with Crippen LogP contribution in [0.4, 0.5) is 0 Å². The van der Waals surface area contributed by atoms with Crippen molar-refractivity contribution in [2.24, 2.45) is 0 Å². The van der Waals surface area contributed by atoms with Crippen LogP contribution in [0.25, 0.3) is 11.4 Å². The van der Waals surface area contributed by atoms with Crippen LogP contribution in [0.2, 0.25) is 0 Å². The fourth-order valence-electron chi connectivity index (χ4n) is 2.71. The molecule has 0 radical (unpaired) electrons. The lowest BCUT2D eigenvalue weighted by Crippen LogP contribution is -2.36. The summed E-state index contributed by atoms with van der Waals surface area (Å²) in [6.45, 7) is 7.86. The van der Waals surface area contributed by atoms with Crippen molar-refractivity contribution in [2.75, 3.05) is 0 Å². The number of ether oxygens (including phenoxy) is 1. The molecule has 3 rings (SSSR count). The fraction of sp³-hybridized carbons (Fsp3) is 0.286. The van der Waals surface area contributed by atoms with E-state index in [4.69, 9.17) is 9.26 Å². The first-order chi connectivity index (χ1) is 12.9. The first kappa shape index (κ1) is 18.6. The largest absolute Gasteiger partial charge is 0.481 e. The molecule has 0 saturated carbocycles. The number of amides is 1. The summed E-state index contributed by atoms with van der Waals surface area (Å²) in [5.74, 6) is 1.27. The van der Waals surface area contributed by atoms with E-state index < -0.39 is 6.10 Å². The van der Waals surface area contributed by atoms with E-state index in [0.29, 0.717) is 17.5 Å². The second-order valence-corrected chi connectivity index (χ2v) is 6.68. The van der Waals surface area contributed by atoms with Crippen LogP contribution >= 0.6 is 0 Å². The molecule has 27 heavy (non-hydrogen) atoms. The molecule has 2 aromatic carbocycles. The molecule has 3 aromatic rings. The Morgan fingerprint density at radius 3 is 2.41 bits per heavy atom. The molecule has 0 fully saturated rings. The average Bonchev–Trinajstić information content (AvgIpc) is 3.08. The number of aryl methyl sites for hydroxylation is 3. The minimum Gasteiger partial charge on any atom is -0.481 e. The molecule has 0 spiro atoms. The van der Waals surface area contributed by atoms with E-state index in [1.165, 1.54) is 0 Å². The van der Waals surface area contributed by atoms with Gasteiger partial charge in [0.15, 0.2) is 6.10 Å². The second kappa shape index (κ2) is 8.03. The van der Waals surface area contributed by atoms with E-state index in [-0.39, 0.29) is 12.5 Å². The summed E-state index contributed by atoms with van der Waals surface area (Å²) in [6, 6.07) is 13.7. The third kappa shape index (κ3) is 4.94. The van der Waals surface area contributed by atoms with Crippen LogP contribution in [0.3, 0.4) is 0 Å². The first-order valence-corrected chi connectivity index (χ1v) is 8.83. The van der Waals surface area contributed by atoms with Crippen LogP contribution in [0.5, 0.6) is 5.75 Å². The molecule has 6 heteroatoms. The highest BCUT2D eigenvalue weighted by Gasteiger charge is 2.16. The number of hydrogen-bond acceptors (Lipinski definition) is 5. The van der Waals surface area contributed by atoms with Crippen LogP contribution in [-0.4, -0.2) is 22.2 Å². The van der Waals surface area contributed by atoms with Crippen LogP contribution in [0.1, 0.15) is 29.5 Å². The molecule has 0 bridgehead atoms. The van der Waals surface area contributed by atoms with Gasteiger partial charge in [0, 0.05) is 5.56 Å². The minimum absolute atomic E-state index is 0.151. The number of carbonyl (C=O) groups excluding carboxylic acids is 1. The van der Waals surface area contributed by atoms with Gasteiger partial charge in [0.05, 0.1) is 6.54 Å². The molecular weight excluding hydrogens is 342 g/mol. The Kier molecular flexibility index (Phi) is 5.54. The van der Waals surface area contributed by atoms with E-state index in [0.717, 1.165) is 22.3 Å². The summed E-state index contributed by atoms with van der Waals surface area (Å²) in [6.07, 6.45) is -0.634. The van der Waals surface area contributed by atoms with Gasteiger partial charge in [-0.3, -0.25) is 4.79 Å². The van der Waals surface area contributed by atoms with Gasteiger partial charge in [-0.15, -0.1) is 0 Å². The fourth-order valence-corrected chi connectivity index (χ4v) is 2.71. The van der Waals surface area contributed by atoms with Gasteiger partial charge in [-0.2, -0.15) is 4.98 Å². The zero-order valence-corrected chi connectivity index (χ0v) is 15.9. The molecule has 0 saturated heterocycles. The summed E-state index contributed by atoms with van der Waals surface area (Å²) in [5, 5.41) is 6.72. The van der Waals surface area contributed by atoms with Gasteiger partial charge < -0.3 is 14.6 Å². The monoisotopic (exact) mass is 365 g/mol. The molecule has 0 aliphatic carbocycles. The first-order valence-electron chi connectivity index (χ1n) is 8.83. The smallest absolute Gasteiger partial charge is 0.261 e. The van der Waals surface area contributed by atoms with Crippen molar-refractivity contribution in [2.45, 2.75) is 40.3 Å². The predicted molar refractivity (Wildman–Crippen MR) is 102 cm³/mol. The predicted octanol–water partition coefficient (Wildman–Crippen LogP) is 3.75. The third-order valence-corrected chi connectivity index (χ3v) is 4.07. The van der Waals surface area contributed by atoms with Gasteiger partial charge in [0.1, 0.15) is 5.75 Å². The number of rotatable bonds is 6. The van der Waals surface area contributed by atoms with Crippen molar-refractivity contribution in [3.05, 3.63) is 65.0 Å². The van der Waals surface area contributed by atoms with Gasteiger partial charge in [0.2, 0.25) is 11.7 Å². The lowest BCUT2D eigenvalue weighted by Gasteiger charge is -2.15. The summed E-state index contributed by atoms with van der Waals surface area (Å²) in [4.78, 5) is 16.6. The van der Waals surface area contributed by atoms with Gasteiger partial charge in [0.25, 0.3) is 5.91 Å². The Bertz CT molecular complexity index is 912. The molecule has 1 amide bonds. The van der Waals surface area contributed by atoms with E-state index in [1.807, 2.05) is 57.2 Å². The quantitative estimate of drug-likeness (QED) is 0.720. The molecule has 0 aliphatic heterocycles. The Labute approximate surface area is 158 Å². The maximum atomic E-state index is 12.3. The number of hydrogen-bond donors (Lipinski definition) is 1. The lowest BCUT2D eigenvalue weighted by atomic mass is 10.1. The lowest BCUT2D eigenvalue weighted by molar-refractivity contribution is -0.127. The molecule has 140 valence electrons. The van der Waals surface area contributed by atoms with Gasteiger partial charge in [-0.1, -0.05) is 41.1 Å². The molecule has 1 aromatic heterocycles. The van der Waals surface area contributed by atoms with Crippen LogP contribution in [0.15, 0.2) is 47.0 Å². The Morgan fingerprint density at radius 2 is 1.74 bits per heavy atom. The molecule has 1 atom stereocenters. The topological polar surface area (TPSA) is 77.2 Å². The van der Waals surface area contributed by atoms with Crippen LogP contribution in [-0.2, 0) is 11.3 Å². The van der Waals surface area contributed by atoms with E-state index in [1.54, 1.807) is 6.92 Å². The third-order valence-electron chi connectivity index (χ3n) is 4.07. The number of aromatic nitrogens is 2. The van der Waals surface area contributed by atoms with Crippen molar-refractivity contribution in [3.63, 3.8) is 0 Å². The maximum absolute atomic E-state index is 12.3. The van der Waals surface area contributed by atoms with Gasteiger partial charge in [-0.05, 0) is 51.0 Å². The van der Waals surface area contributed by atoms with E-state index in [2.05, 4.69) is 21.5 Å². The van der Waals surface area contributed by atoms with E-state index in [9.17, 15) is 4.79 Å². The Morgan fingerprint density at radius 1 is 1.07 bits per heavy atom. The van der Waals surface area contributed by atoms with Crippen LogP contribution < -0.4 is 10.1 Å². The maximum Gasteiger partial charge on any atom is 0.261 e. The highest BCUT2D eigenvalue weighted by Crippen LogP contribution is 2.18. The zero-order valence-electron chi connectivity index (χ0n) is 15.9. The zero-order chi connectivity index (χ0) is 19.4. The molecular formula is C21H23N3O3. The van der Waals surface area contributed by atoms with Gasteiger partial charge in [-0.25, -0.2) is 0 Å². The number of nitrogens with one attached hydrogen (secondary N) is 1. The standard InChI is InChI=1S/C21H23N3O3/c1-13-5-7-17(8-6-13)20-23-19(27-24-20)12-22-21(25)16(4)26-18-10-14(2)9-15(3)11-18/h5-11,16H,12H2,1-4H3,(H,22,25). The highest BCUT2D eigenvalue weighted by molar-refractivity contribution is 5.80. The summed E-state index contributed by atoms with van der Waals surface area (Å²) >= 11 is 0. The van der Waals surface area contributed by atoms with Crippen molar-refractivity contribution in [3.8, 4) is 17.1 Å². The molecule has 1 N–H and O–H groups in total. The van der Waals surface area contributed by atoms with Crippen molar-refractivity contribution < 1.29 is 14.1 Å². The normalized spacial score (nSPS) is 11.9. The van der Waals surface area contributed by atoms with Crippen molar-refractivity contribution >= 4 is 5.91 Å². The summed E-state index contributed by atoms with van der Waals surface area (Å²) < 4.78 is 10.9. The average molecular weight is 365 g/mol. The molecule has 6 nitrogen and oxygen atoms in total. The Hall–Kier alpha value is -3.15. The van der Waals surface area contributed by atoms with Crippen molar-refractivity contribution in [1.82, 2.24) is 15.5 Å². The highest BCUT2D eigenvalue weighted by atomic mass is 16.5. The van der Waals surface area contributed by atoms with Crippen LogP contribution in [0, 0.1) is 20.8 Å². The number of carbonyl (C=O) groups is 1. The molecule has 1 heterocycles. The SMILES string of the molecule is Cc1ccc(-c2noc(CNC(=O)C(C)Oc3cc(C)cc(C)c3)n2)cc1. The number of nitrogens with zero attached hydrogens (tertiary/aromatic N) is 2. The van der Waals surface area contributed by atoms with Crippen molar-refractivity contribution in [1.29, 1.82) is 0 Å². The van der Waals surface area contributed by atoms with Gasteiger partial charge >= 0.3 is 0 Å². The Balaban J connectivity index is 1.56. The molecule has 1 unspecified atom stereocenters. The number of benzene rings is 2. The second-order valence-electron chi connectivity index (χ2n) is 6.68. The van der Waals surface area contributed by atoms with E-state index >= 15 is 0 Å². The minimum atomic E-state index is -0.634. The summed E-state index contributed by atoms with van der Waals surface area (Å²) in [7, 11) is 0. The molecule has 0 aliphatic rings.